The van der Waals surface area contributed by atoms with Crippen LogP contribution in [0.25, 0.3) is 0 Å². The van der Waals surface area contributed by atoms with Crippen LogP contribution in [0.4, 0.5) is 4.79 Å². The number of hydrogen-bond donors (Lipinski definition) is 3. The Labute approximate surface area is 127 Å². The summed E-state index contributed by atoms with van der Waals surface area (Å²) < 4.78 is 0. The molecule has 2 amide bonds. The van der Waals surface area contributed by atoms with E-state index >= 15 is 0 Å². The molecule has 0 aromatic heterocycles. The van der Waals surface area contributed by atoms with Crippen molar-refractivity contribution in [3.63, 3.8) is 0 Å². The van der Waals surface area contributed by atoms with Gasteiger partial charge in [-0.1, -0.05) is 33.1 Å². The van der Waals surface area contributed by atoms with Crippen LogP contribution in [-0.2, 0) is 4.79 Å². The van der Waals surface area contributed by atoms with Crippen LogP contribution in [0.5, 0.6) is 0 Å². The highest BCUT2D eigenvalue weighted by Gasteiger charge is 2.21. The van der Waals surface area contributed by atoms with E-state index in [4.69, 9.17) is 5.11 Å². The van der Waals surface area contributed by atoms with Gasteiger partial charge in [-0.2, -0.15) is 0 Å². The summed E-state index contributed by atoms with van der Waals surface area (Å²) >= 11 is 0. The number of carbonyl (C=O) groups is 2. The first kappa shape index (κ1) is 17.8. The minimum Gasteiger partial charge on any atom is -0.481 e. The van der Waals surface area contributed by atoms with E-state index in [1.807, 2.05) is 6.92 Å². The molecule has 1 fully saturated rings. The fourth-order valence-electron chi connectivity index (χ4n) is 2.93. The summed E-state index contributed by atoms with van der Waals surface area (Å²) in [5.41, 5.74) is 0. The summed E-state index contributed by atoms with van der Waals surface area (Å²) in [6, 6.07) is -0.0989. The molecule has 0 aromatic rings. The summed E-state index contributed by atoms with van der Waals surface area (Å²) in [4.78, 5) is 22.2. The molecular formula is C16H30N2O3. The summed E-state index contributed by atoms with van der Waals surface area (Å²) in [5.74, 6) is 0.878. The smallest absolute Gasteiger partial charge is 0.314 e. The third-order valence-corrected chi connectivity index (χ3v) is 4.59. The van der Waals surface area contributed by atoms with E-state index < -0.39 is 5.97 Å². The number of amides is 2. The zero-order valence-corrected chi connectivity index (χ0v) is 13.4. The second-order valence-corrected chi connectivity index (χ2v) is 6.48. The molecule has 1 aliphatic rings. The van der Waals surface area contributed by atoms with Gasteiger partial charge < -0.3 is 15.7 Å². The van der Waals surface area contributed by atoms with Crippen molar-refractivity contribution in [1.29, 1.82) is 0 Å². The van der Waals surface area contributed by atoms with E-state index in [1.165, 1.54) is 25.7 Å². The molecule has 3 N–H and O–H groups in total. The quantitative estimate of drug-likeness (QED) is 0.644. The van der Waals surface area contributed by atoms with Gasteiger partial charge in [0.05, 0.1) is 0 Å². The molecule has 0 aromatic carbocycles. The van der Waals surface area contributed by atoms with Crippen molar-refractivity contribution >= 4 is 12.0 Å². The molecular weight excluding hydrogens is 268 g/mol. The van der Waals surface area contributed by atoms with Gasteiger partial charge in [0.15, 0.2) is 0 Å². The van der Waals surface area contributed by atoms with Gasteiger partial charge in [-0.25, -0.2) is 4.79 Å². The molecule has 21 heavy (non-hydrogen) atoms. The van der Waals surface area contributed by atoms with Gasteiger partial charge in [0.2, 0.25) is 0 Å². The number of rotatable bonds is 8. The Morgan fingerprint density at radius 3 is 2.57 bits per heavy atom. The molecule has 0 aliphatic heterocycles. The number of hydrogen-bond acceptors (Lipinski definition) is 2. The molecule has 0 bridgehead atoms. The van der Waals surface area contributed by atoms with Crippen LogP contribution in [0.3, 0.4) is 0 Å². The molecule has 5 nitrogen and oxygen atoms in total. The van der Waals surface area contributed by atoms with Gasteiger partial charge in [0.1, 0.15) is 0 Å². The van der Waals surface area contributed by atoms with Gasteiger partial charge in [-0.15, -0.1) is 0 Å². The minimum atomic E-state index is -0.755. The number of carboxylic acids is 1. The minimum absolute atomic E-state index is 0.0989. The Morgan fingerprint density at radius 1 is 1.19 bits per heavy atom. The first-order chi connectivity index (χ1) is 9.99. The molecule has 5 heteroatoms. The van der Waals surface area contributed by atoms with Crippen LogP contribution in [0.1, 0.15) is 58.8 Å². The van der Waals surface area contributed by atoms with E-state index in [-0.39, 0.29) is 12.5 Å². The van der Waals surface area contributed by atoms with Crippen LogP contribution in [0.2, 0.25) is 0 Å². The number of aliphatic carboxylic acids is 1. The predicted octanol–water partition coefficient (Wildman–Crippen LogP) is 3.00. The average molecular weight is 298 g/mol. The Balaban J connectivity index is 2.06. The molecule has 1 aliphatic carbocycles. The average Bonchev–Trinajstić information content (AvgIpc) is 2.44. The van der Waals surface area contributed by atoms with Crippen LogP contribution < -0.4 is 10.6 Å². The van der Waals surface area contributed by atoms with Crippen molar-refractivity contribution in [2.45, 2.75) is 58.8 Å². The Hall–Kier alpha value is -1.26. The zero-order valence-electron chi connectivity index (χ0n) is 13.4. The molecule has 0 radical (unpaired) electrons. The fraction of sp³-hybridized carbons (Fsp3) is 0.875. The highest BCUT2D eigenvalue weighted by Crippen LogP contribution is 2.28. The SMILES string of the molecule is CC(CCNC(=O)NCC1CCCCC1C)CCC(=O)O. The third kappa shape index (κ3) is 7.93. The van der Waals surface area contributed by atoms with Crippen molar-refractivity contribution in [2.24, 2.45) is 17.8 Å². The standard InChI is InChI=1S/C16H30N2O3/c1-12(7-8-15(19)20)9-10-17-16(21)18-11-14-6-4-3-5-13(14)2/h12-14H,3-11H2,1-2H3,(H,19,20)(H2,17,18,21). The van der Waals surface area contributed by atoms with Crippen LogP contribution in [0, 0.1) is 17.8 Å². The highest BCUT2D eigenvalue weighted by atomic mass is 16.4. The number of nitrogens with one attached hydrogen (secondary N) is 2. The fourth-order valence-corrected chi connectivity index (χ4v) is 2.93. The third-order valence-electron chi connectivity index (χ3n) is 4.59. The molecule has 3 atom stereocenters. The second kappa shape index (κ2) is 9.64. The lowest BCUT2D eigenvalue weighted by Crippen LogP contribution is -2.40. The number of carbonyl (C=O) groups excluding carboxylic acids is 1. The van der Waals surface area contributed by atoms with Gasteiger partial charge in [-0.3, -0.25) is 4.79 Å². The summed E-state index contributed by atoms with van der Waals surface area (Å²) in [5, 5.41) is 14.4. The first-order valence-electron chi connectivity index (χ1n) is 8.22. The highest BCUT2D eigenvalue weighted by molar-refractivity contribution is 5.73. The monoisotopic (exact) mass is 298 g/mol. The van der Waals surface area contributed by atoms with Crippen molar-refractivity contribution in [3.8, 4) is 0 Å². The molecule has 0 heterocycles. The lowest BCUT2D eigenvalue weighted by Gasteiger charge is -2.28. The largest absolute Gasteiger partial charge is 0.481 e. The molecule has 0 saturated heterocycles. The summed E-state index contributed by atoms with van der Waals surface area (Å²) in [7, 11) is 0. The van der Waals surface area contributed by atoms with Gasteiger partial charge >= 0.3 is 12.0 Å². The molecule has 122 valence electrons. The van der Waals surface area contributed by atoms with Crippen molar-refractivity contribution < 1.29 is 14.7 Å². The van der Waals surface area contributed by atoms with Crippen molar-refractivity contribution in [3.05, 3.63) is 0 Å². The van der Waals surface area contributed by atoms with E-state index in [0.29, 0.717) is 30.7 Å². The van der Waals surface area contributed by atoms with Crippen LogP contribution in [0.15, 0.2) is 0 Å². The first-order valence-corrected chi connectivity index (χ1v) is 8.22. The Morgan fingerprint density at radius 2 is 1.90 bits per heavy atom. The van der Waals surface area contributed by atoms with Crippen LogP contribution >= 0.6 is 0 Å². The molecule has 1 rings (SSSR count). The maximum Gasteiger partial charge on any atom is 0.314 e. The number of urea groups is 1. The van der Waals surface area contributed by atoms with E-state index in [1.54, 1.807) is 0 Å². The summed E-state index contributed by atoms with van der Waals surface area (Å²) in [6.45, 7) is 5.66. The van der Waals surface area contributed by atoms with Crippen molar-refractivity contribution in [2.75, 3.05) is 13.1 Å². The molecule has 1 saturated carbocycles. The second-order valence-electron chi connectivity index (χ2n) is 6.48. The zero-order chi connectivity index (χ0) is 15.7. The molecule has 0 spiro atoms. The lowest BCUT2D eigenvalue weighted by atomic mass is 9.80. The van der Waals surface area contributed by atoms with E-state index in [2.05, 4.69) is 17.6 Å². The maximum atomic E-state index is 11.7. The maximum absolute atomic E-state index is 11.7. The lowest BCUT2D eigenvalue weighted by molar-refractivity contribution is -0.137. The predicted molar refractivity (Wildman–Crippen MR) is 83.2 cm³/mol. The van der Waals surface area contributed by atoms with Gasteiger partial charge in [-0.05, 0) is 37.0 Å². The van der Waals surface area contributed by atoms with E-state index in [9.17, 15) is 9.59 Å². The Bertz CT molecular complexity index is 333. The topological polar surface area (TPSA) is 78.4 Å². The Kier molecular flexibility index (Phi) is 8.16. The van der Waals surface area contributed by atoms with Gasteiger partial charge in [0.25, 0.3) is 0 Å². The van der Waals surface area contributed by atoms with Crippen LogP contribution in [-0.4, -0.2) is 30.2 Å². The van der Waals surface area contributed by atoms with Crippen molar-refractivity contribution in [1.82, 2.24) is 10.6 Å². The number of carboxylic acid groups (broad SMARTS) is 1. The normalized spacial score (nSPS) is 23.3. The van der Waals surface area contributed by atoms with E-state index in [0.717, 1.165) is 13.0 Å². The summed E-state index contributed by atoms with van der Waals surface area (Å²) in [6.07, 6.45) is 6.77. The van der Waals surface area contributed by atoms with Gasteiger partial charge in [0, 0.05) is 19.5 Å². The molecule has 3 unspecified atom stereocenters.